The van der Waals surface area contributed by atoms with Gasteiger partial charge in [-0.05, 0) is 24.6 Å². The summed E-state index contributed by atoms with van der Waals surface area (Å²) in [6.07, 6.45) is 0.485. The molecule has 0 aromatic heterocycles. The van der Waals surface area contributed by atoms with Crippen molar-refractivity contribution < 1.29 is 17.2 Å². The van der Waals surface area contributed by atoms with E-state index in [0.717, 1.165) is 6.07 Å². The predicted octanol–water partition coefficient (Wildman–Crippen LogP) is 3.83. The van der Waals surface area contributed by atoms with Crippen molar-refractivity contribution in [2.24, 2.45) is 0 Å². The van der Waals surface area contributed by atoms with Crippen molar-refractivity contribution in [3.8, 4) is 0 Å². The Kier molecular flexibility index (Phi) is 5.22. The normalized spacial score (nSPS) is 19.8. The summed E-state index contributed by atoms with van der Waals surface area (Å²) in [6, 6.07) is 11.9. The summed E-state index contributed by atoms with van der Waals surface area (Å²) in [5, 5.41) is -0.105. The van der Waals surface area contributed by atoms with E-state index in [1.807, 2.05) is 0 Å². The van der Waals surface area contributed by atoms with E-state index in [0.29, 0.717) is 17.7 Å². The van der Waals surface area contributed by atoms with Crippen LogP contribution in [0.3, 0.4) is 0 Å². The molecule has 1 aliphatic heterocycles. The van der Waals surface area contributed by atoms with Crippen LogP contribution < -0.4 is 0 Å². The van der Waals surface area contributed by atoms with Gasteiger partial charge in [0, 0.05) is 29.7 Å². The summed E-state index contributed by atoms with van der Waals surface area (Å²) < 4.78 is 54.5. The Labute approximate surface area is 144 Å². The average molecular weight is 369 g/mol. The summed E-state index contributed by atoms with van der Waals surface area (Å²) in [7, 11) is -3.88. The Morgan fingerprint density at radius 2 is 1.62 bits per heavy atom. The maximum Gasteiger partial charge on any atom is 0.246 e. The molecule has 0 bridgehead atoms. The number of rotatable bonds is 3. The molecule has 2 aromatic rings. The first-order valence-corrected chi connectivity index (χ1v) is 10.1. The predicted molar refractivity (Wildman–Crippen MR) is 91.4 cm³/mol. The molecule has 0 radical (unpaired) electrons. The zero-order valence-electron chi connectivity index (χ0n) is 12.9. The van der Waals surface area contributed by atoms with E-state index in [-0.39, 0.29) is 29.1 Å². The molecule has 0 N–H and O–H groups in total. The fourth-order valence-corrected chi connectivity index (χ4v) is 5.66. The Morgan fingerprint density at radius 1 is 0.958 bits per heavy atom. The fraction of sp³-hybridized carbons (Fsp3) is 0.294. The van der Waals surface area contributed by atoms with Crippen molar-refractivity contribution in [1.29, 1.82) is 0 Å². The van der Waals surface area contributed by atoms with Gasteiger partial charge in [0.2, 0.25) is 10.0 Å². The maximum atomic E-state index is 14.0. The van der Waals surface area contributed by atoms with Gasteiger partial charge in [0.15, 0.2) is 0 Å². The van der Waals surface area contributed by atoms with Crippen molar-refractivity contribution in [1.82, 2.24) is 4.31 Å². The first-order valence-electron chi connectivity index (χ1n) is 7.61. The molecular weight excluding hydrogens is 352 g/mol. The highest BCUT2D eigenvalue weighted by Gasteiger charge is 2.30. The van der Waals surface area contributed by atoms with Crippen LogP contribution in [0.2, 0.25) is 0 Å². The molecule has 7 heteroatoms. The van der Waals surface area contributed by atoms with Gasteiger partial charge in [-0.2, -0.15) is 16.1 Å². The van der Waals surface area contributed by atoms with Crippen LogP contribution in [0.25, 0.3) is 0 Å². The number of sulfonamides is 1. The lowest BCUT2D eigenvalue weighted by atomic mass is 10.1. The molecule has 0 spiro atoms. The van der Waals surface area contributed by atoms with Crippen molar-refractivity contribution in [3.63, 3.8) is 0 Å². The monoisotopic (exact) mass is 369 g/mol. The molecule has 0 amide bonds. The zero-order chi connectivity index (χ0) is 17.2. The molecule has 0 saturated carbocycles. The molecule has 1 atom stereocenters. The topological polar surface area (TPSA) is 37.4 Å². The molecule has 1 heterocycles. The maximum absolute atomic E-state index is 14.0. The lowest BCUT2D eigenvalue weighted by molar-refractivity contribution is 0.423. The highest BCUT2D eigenvalue weighted by Crippen LogP contribution is 2.36. The second-order valence-corrected chi connectivity index (χ2v) is 8.72. The summed E-state index contributed by atoms with van der Waals surface area (Å²) >= 11 is 1.53. The van der Waals surface area contributed by atoms with E-state index < -0.39 is 15.8 Å². The first-order chi connectivity index (χ1) is 11.5. The molecule has 1 saturated heterocycles. The van der Waals surface area contributed by atoms with Gasteiger partial charge in [-0.1, -0.05) is 30.3 Å². The second kappa shape index (κ2) is 7.21. The van der Waals surface area contributed by atoms with E-state index in [9.17, 15) is 17.2 Å². The van der Waals surface area contributed by atoms with Gasteiger partial charge in [-0.15, -0.1) is 0 Å². The van der Waals surface area contributed by atoms with Crippen LogP contribution in [0, 0.1) is 11.6 Å². The highest BCUT2D eigenvalue weighted by atomic mass is 32.2. The number of halogens is 2. The van der Waals surface area contributed by atoms with E-state index in [1.165, 1.54) is 40.3 Å². The van der Waals surface area contributed by atoms with E-state index in [4.69, 9.17) is 0 Å². The fourth-order valence-electron chi connectivity index (χ4n) is 2.77. The minimum atomic E-state index is -3.88. The lowest BCUT2D eigenvalue weighted by Gasteiger charge is -2.20. The molecule has 3 rings (SSSR count). The standard InChI is InChI=1S/C17H17F2NO2S2/c18-14-6-2-1-5-13(14)16-9-10-20(11-12-23-16)24(21,22)17-8-4-3-7-15(17)19/h1-8,16H,9-12H2. The number of nitrogens with zero attached hydrogens (tertiary/aromatic N) is 1. The Morgan fingerprint density at radius 3 is 2.33 bits per heavy atom. The van der Waals surface area contributed by atoms with E-state index >= 15 is 0 Å². The third-order valence-corrected chi connectivity index (χ3v) is 7.25. The van der Waals surface area contributed by atoms with Crippen molar-refractivity contribution >= 4 is 21.8 Å². The number of hydrogen-bond acceptors (Lipinski definition) is 3. The summed E-state index contributed by atoms with van der Waals surface area (Å²) in [5.74, 6) is -0.493. The van der Waals surface area contributed by atoms with Gasteiger partial charge >= 0.3 is 0 Å². The largest absolute Gasteiger partial charge is 0.246 e. The van der Waals surface area contributed by atoms with Gasteiger partial charge in [0.1, 0.15) is 16.5 Å². The van der Waals surface area contributed by atoms with Crippen LogP contribution in [-0.4, -0.2) is 31.6 Å². The molecule has 1 fully saturated rings. The van der Waals surface area contributed by atoms with Crippen LogP contribution in [0.15, 0.2) is 53.4 Å². The Bertz CT molecular complexity index is 827. The highest BCUT2D eigenvalue weighted by molar-refractivity contribution is 7.99. The Balaban J connectivity index is 1.81. The molecule has 128 valence electrons. The number of benzene rings is 2. The van der Waals surface area contributed by atoms with Crippen molar-refractivity contribution in [3.05, 3.63) is 65.7 Å². The van der Waals surface area contributed by atoms with Gasteiger partial charge in [0.25, 0.3) is 0 Å². The second-order valence-electron chi connectivity index (χ2n) is 5.50. The molecule has 2 aromatic carbocycles. The van der Waals surface area contributed by atoms with Gasteiger partial charge in [-0.3, -0.25) is 0 Å². The van der Waals surface area contributed by atoms with Crippen LogP contribution in [0.1, 0.15) is 17.2 Å². The van der Waals surface area contributed by atoms with Gasteiger partial charge in [0.05, 0.1) is 0 Å². The molecule has 1 unspecified atom stereocenters. The van der Waals surface area contributed by atoms with Crippen molar-refractivity contribution in [2.75, 3.05) is 18.8 Å². The lowest BCUT2D eigenvalue weighted by Crippen LogP contribution is -2.33. The molecule has 3 nitrogen and oxygen atoms in total. The number of hydrogen-bond donors (Lipinski definition) is 0. The molecular formula is C17H17F2NO2S2. The summed E-state index contributed by atoms with van der Waals surface area (Å²) in [6.45, 7) is 0.523. The van der Waals surface area contributed by atoms with E-state index in [2.05, 4.69) is 0 Å². The molecule has 24 heavy (non-hydrogen) atoms. The van der Waals surface area contributed by atoms with Crippen LogP contribution in [-0.2, 0) is 10.0 Å². The van der Waals surface area contributed by atoms with Crippen molar-refractivity contribution in [2.45, 2.75) is 16.6 Å². The molecule has 1 aliphatic rings. The van der Waals surface area contributed by atoms with E-state index in [1.54, 1.807) is 18.2 Å². The van der Waals surface area contributed by atoms with Crippen LogP contribution >= 0.6 is 11.8 Å². The van der Waals surface area contributed by atoms with Crippen LogP contribution in [0.5, 0.6) is 0 Å². The van der Waals surface area contributed by atoms with Crippen LogP contribution in [0.4, 0.5) is 8.78 Å². The number of thioether (sulfide) groups is 1. The molecule has 0 aliphatic carbocycles. The quantitative estimate of drug-likeness (QED) is 0.825. The Hall–Kier alpha value is -1.44. The summed E-state index contributed by atoms with van der Waals surface area (Å²) in [5.41, 5.74) is 0.590. The minimum Gasteiger partial charge on any atom is -0.207 e. The smallest absolute Gasteiger partial charge is 0.207 e. The van der Waals surface area contributed by atoms with Gasteiger partial charge < -0.3 is 0 Å². The minimum absolute atomic E-state index is 0.105. The first kappa shape index (κ1) is 17.4. The third kappa shape index (κ3) is 3.48. The van der Waals surface area contributed by atoms with Gasteiger partial charge in [-0.25, -0.2) is 17.2 Å². The zero-order valence-corrected chi connectivity index (χ0v) is 14.5. The summed E-state index contributed by atoms with van der Waals surface area (Å²) in [4.78, 5) is -0.306. The SMILES string of the molecule is O=S(=O)(c1ccccc1F)N1CCSC(c2ccccc2F)CC1. The average Bonchev–Trinajstić information content (AvgIpc) is 2.82. The third-order valence-electron chi connectivity index (χ3n) is 4.01.